The molecule has 4 rings (SSSR count). The van der Waals surface area contributed by atoms with Gasteiger partial charge in [-0.1, -0.05) is 11.6 Å². The lowest BCUT2D eigenvalue weighted by atomic mass is 10.0. The summed E-state index contributed by atoms with van der Waals surface area (Å²) in [5.74, 6) is 0.703. The Morgan fingerprint density at radius 3 is 2.84 bits per heavy atom. The van der Waals surface area contributed by atoms with Crippen molar-refractivity contribution in [3.05, 3.63) is 50.7 Å². The average Bonchev–Trinajstić information content (AvgIpc) is 3.48. The molecule has 31 heavy (non-hydrogen) atoms. The van der Waals surface area contributed by atoms with E-state index in [1.165, 1.54) is 4.88 Å². The average molecular weight is 462 g/mol. The van der Waals surface area contributed by atoms with Crippen LogP contribution in [0.15, 0.2) is 29.6 Å². The normalized spacial score (nSPS) is 17.8. The molecule has 1 aromatic carbocycles. The number of nitrogens with zero attached hydrogens (tertiary/aromatic N) is 2. The fourth-order valence-corrected chi connectivity index (χ4v) is 5.04. The fourth-order valence-electron chi connectivity index (χ4n) is 4.00. The largest absolute Gasteiger partial charge is 0.491 e. The van der Waals surface area contributed by atoms with Gasteiger partial charge < -0.3 is 19.9 Å². The number of rotatable bonds is 7. The van der Waals surface area contributed by atoms with E-state index in [1.807, 2.05) is 36.9 Å². The van der Waals surface area contributed by atoms with Gasteiger partial charge in [-0.05, 0) is 73.9 Å². The van der Waals surface area contributed by atoms with Crippen molar-refractivity contribution in [2.24, 2.45) is 0 Å². The Morgan fingerprint density at radius 1 is 1.32 bits per heavy atom. The van der Waals surface area contributed by atoms with E-state index >= 15 is 0 Å². The summed E-state index contributed by atoms with van der Waals surface area (Å²) in [4.78, 5) is 30.7. The van der Waals surface area contributed by atoms with Crippen LogP contribution >= 0.6 is 22.9 Å². The van der Waals surface area contributed by atoms with Gasteiger partial charge in [-0.2, -0.15) is 0 Å². The van der Waals surface area contributed by atoms with E-state index in [0.29, 0.717) is 24.7 Å². The molecule has 0 bridgehead atoms. The van der Waals surface area contributed by atoms with E-state index < -0.39 is 0 Å². The van der Waals surface area contributed by atoms with Gasteiger partial charge in [0.05, 0.1) is 6.04 Å². The van der Waals surface area contributed by atoms with Crippen molar-refractivity contribution in [1.29, 1.82) is 0 Å². The number of carbonyl (C=O) groups excluding carboxylic acids is 2. The minimum Gasteiger partial charge on any atom is -0.491 e. The van der Waals surface area contributed by atoms with Crippen molar-refractivity contribution in [2.75, 3.05) is 26.2 Å². The first kappa shape index (κ1) is 22.0. The summed E-state index contributed by atoms with van der Waals surface area (Å²) in [7, 11) is 0. The van der Waals surface area contributed by atoms with Gasteiger partial charge in [-0.25, -0.2) is 4.79 Å². The first-order valence-corrected chi connectivity index (χ1v) is 12.0. The molecular weight excluding hydrogens is 434 g/mol. The molecule has 8 heteroatoms. The van der Waals surface area contributed by atoms with Crippen LogP contribution in [0.5, 0.6) is 5.75 Å². The lowest BCUT2D eigenvalue weighted by molar-refractivity contribution is -0.135. The molecule has 2 aliphatic rings. The minimum atomic E-state index is -0.172. The SMILES string of the molecule is CCNC(=O)N(CC(=O)N1CCc2sccc2C1COc1ccc(Cl)c(C)c1)C1CC1. The fraction of sp³-hybridized carbons (Fsp3) is 0.478. The van der Waals surface area contributed by atoms with Gasteiger partial charge in [0.2, 0.25) is 5.91 Å². The highest BCUT2D eigenvalue weighted by atomic mass is 35.5. The Kier molecular flexibility index (Phi) is 6.72. The summed E-state index contributed by atoms with van der Waals surface area (Å²) < 4.78 is 6.10. The number of amides is 3. The molecule has 3 amide bonds. The van der Waals surface area contributed by atoms with Crippen LogP contribution in [0.25, 0.3) is 0 Å². The summed E-state index contributed by atoms with van der Waals surface area (Å²) in [5, 5.41) is 5.61. The number of fused-ring (bicyclic) bond motifs is 1. The number of ether oxygens (including phenoxy) is 1. The molecule has 0 spiro atoms. The first-order valence-electron chi connectivity index (χ1n) is 10.8. The van der Waals surface area contributed by atoms with E-state index in [4.69, 9.17) is 16.3 Å². The highest BCUT2D eigenvalue weighted by Crippen LogP contribution is 2.35. The molecule has 1 fully saturated rings. The number of nitrogens with one attached hydrogen (secondary N) is 1. The number of aryl methyl sites for hydroxylation is 1. The lowest BCUT2D eigenvalue weighted by Gasteiger charge is -2.37. The number of thiophene rings is 1. The third-order valence-corrected chi connectivity index (χ3v) is 7.26. The van der Waals surface area contributed by atoms with Crippen LogP contribution in [0.3, 0.4) is 0 Å². The number of hydrogen-bond donors (Lipinski definition) is 1. The highest BCUT2D eigenvalue weighted by Gasteiger charge is 2.37. The smallest absolute Gasteiger partial charge is 0.318 e. The lowest BCUT2D eigenvalue weighted by Crippen LogP contribution is -2.50. The number of carbonyl (C=O) groups is 2. The van der Waals surface area contributed by atoms with Crippen LogP contribution in [-0.4, -0.2) is 54.0 Å². The van der Waals surface area contributed by atoms with Crippen molar-refractivity contribution in [3.8, 4) is 5.75 Å². The van der Waals surface area contributed by atoms with E-state index in [1.54, 1.807) is 16.2 Å². The van der Waals surface area contributed by atoms with Gasteiger partial charge in [0.15, 0.2) is 0 Å². The first-order chi connectivity index (χ1) is 15.0. The Bertz CT molecular complexity index is 959. The van der Waals surface area contributed by atoms with Gasteiger partial charge in [-0.3, -0.25) is 4.79 Å². The summed E-state index contributed by atoms with van der Waals surface area (Å²) in [6.07, 6.45) is 2.75. The summed E-state index contributed by atoms with van der Waals surface area (Å²) in [5.41, 5.74) is 2.10. The van der Waals surface area contributed by atoms with Crippen LogP contribution in [0, 0.1) is 6.92 Å². The second-order valence-electron chi connectivity index (χ2n) is 8.07. The number of hydrogen-bond acceptors (Lipinski definition) is 4. The van der Waals surface area contributed by atoms with E-state index in [9.17, 15) is 9.59 Å². The zero-order chi connectivity index (χ0) is 22.0. The zero-order valence-electron chi connectivity index (χ0n) is 17.9. The Hall–Kier alpha value is -2.25. The Balaban J connectivity index is 1.50. The summed E-state index contributed by atoms with van der Waals surface area (Å²) in [6, 6.07) is 7.52. The van der Waals surface area contributed by atoms with Gasteiger partial charge >= 0.3 is 6.03 Å². The molecule has 1 N–H and O–H groups in total. The maximum absolute atomic E-state index is 13.3. The molecule has 1 aliphatic heterocycles. The van der Waals surface area contributed by atoms with Crippen LogP contribution in [0.2, 0.25) is 5.02 Å². The van der Waals surface area contributed by atoms with Crippen molar-refractivity contribution < 1.29 is 14.3 Å². The van der Waals surface area contributed by atoms with Crippen molar-refractivity contribution in [1.82, 2.24) is 15.1 Å². The minimum absolute atomic E-state index is 0.0316. The molecular formula is C23H28ClN3O3S. The monoisotopic (exact) mass is 461 g/mol. The molecule has 1 saturated carbocycles. The van der Waals surface area contributed by atoms with Crippen LogP contribution in [0.1, 0.15) is 41.8 Å². The summed E-state index contributed by atoms with van der Waals surface area (Å²) in [6.45, 7) is 5.48. The maximum Gasteiger partial charge on any atom is 0.318 e. The molecule has 1 aromatic heterocycles. The topological polar surface area (TPSA) is 61.9 Å². The van der Waals surface area contributed by atoms with Crippen molar-refractivity contribution >= 4 is 34.9 Å². The molecule has 0 saturated heterocycles. The second kappa shape index (κ2) is 9.49. The summed E-state index contributed by atoms with van der Waals surface area (Å²) >= 11 is 7.85. The van der Waals surface area contributed by atoms with Crippen molar-refractivity contribution in [2.45, 2.75) is 45.2 Å². The Morgan fingerprint density at radius 2 is 2.13 bits per heavy atom. The molecule has 0 radical (unpaired) electrons. The van der Waals surface area contributed by atoms with Gasteiger partial charge in [0, 0.05) is 29.0 Å². The maximum atomic E-state index is 13.3. The number of benzene rings is 1. The molecule has 6 nitrogen and oxygen atoms in total. The third kappa shape index (κ3) is 4.99. The van der Waals surface area contributed by atoms with Crippen LogP contribution in [0.4, 0.5) is 4.79 Å². The molecule has 166 valence electrons. The molecule has 1 aliphatic carbocycles. The van der Waals surface area contributed by atoms with Crippen LogP contribution < -0.4 is 10.1 Å². The molecule has 2 aromatic rings. The second-order valence-corrected chi connectivity index (χ2v) is 9.48. The van der Waals surface area contributed by atoms with Crippen molar-refractivity contribution in [3.63, 3.8) is 0 Å². The molecule has 1 unspecified atom stereocenters. The van der Waals surface area contributed by atoms with E-state index in [-0.39, 0.29) is 30.6 Å². The third-order valence-electron chi connectivity index (χ3n) is 5.83. The Labute approximate surface area is 192 Å². The predicted octanol–water partition coefficient (Wildman–Crippen LogP) is 4.41. The quantitative estimate of drug-likeness (QED) is 0.664. The van der Waals surface area contributed by atoms with Crippen LogP contribution in [-0.2, 0) is 11.2 Å². The zero-order valence-corrected chi connectivity index (χ0v) is 19.5. The number of urea groups is 1. The van der Waals surface area contributed by atoms with E-state index in [0.717, 1.165) is 36.1 Å². The van der Waals surface area contributed by atoms with Gasteiger partial charge in [0.1, 0.15) is 18.9 Å². The predicted molar refractivity (Wildman–Crippen MR) is 123 cm³/mol. The molecule has 1 atom stereocenters. The molecule has 2 heterocycles. The standard InChI is InChI=1S/C23H28ClN3O3S/c1-3-25-23(29)27(16-4-5-16)13-22(28)26-10-8-21-18(9-11-31-21)20(26)14-30-17-6-7-19(24)15(2)12-17/h6-7,9,11-12,16,20H,3-5,8,10,13-14H2,1-2H3,(H,25,29). The van der Waals surface area contributed by atoms with Gasteiger partial charge in [0.25, 0.3) is 0 Å². The van der Waals surface area contributed by atoms with Gasteiger partial charge in [-0.15, -0.1) is 11.3 Å². The number of halogens is 1. The highest BCUT2D eigenvalue weighted by molar-refractivity contribution is 7.10. The van der Waals surface area contributed by atoms with E-state index in [2.05, 4.69) is 16.8 Å².